The smallest absolute Gasteiger partial charge is 0.252 e. The number of carbonyl (C=O) groups excluding carboxylic acids is 2. The van der Waals surface area contributed by atoms with E-state index in [9.17, 15) is 18.0 Å². The Balaban J connectivity index is 1.72. The highest BCUT2D eigenvalue weighted by molar-refractivity contribution is 7.89. The number of hydrogen-bond donors (Lipinski definition) is 2. The molecule has 0 bridgehead atoms. The first kappa shape index (κ1) is 26.9. The summed E-state index contributed by atoms with van der Waals surface area (Å²) >= 11 is 5.88. The number of ether oxygens (including phenoxy) is 2. The lowest BCUT2D eigenvalue weighted by Crippen LogP contribution is -2.54. The van der Waals surface area contributed by atoms with Gasteiger partial charge in [0.25, 0.3) is 5.91 Å². The standard InChI is InChI=1S/C24H30ClN3O6S/c1-33-15-12-26-24(30)22(27-23(29)18-4-3-5-20(16-18)34-2)17-10-13-28(14-11-17)35(31,32)21-8-6-19(25)7-9-21/h3-9,16-17,22H,10-15H2,1-2H3,(H,26,30)(H,27,29). The van der Waals surface area contributed by atoms with Crippen LogP contribution in [0.2, 0.25) is 5.02 Å². The van der Waals surface area contributed by atoms with Crippen molar-refractivity contribution in [2.45, 2.75) is 23.8 Å². The third kappa shape index (κ3) is 6.94. The third-order valence-corrected chi connectivity index (χ3v) is 8.09. The van der Waals surface area contributed by atoms with Crippen LogP contribution in [-0.4, -0.2) is 71.0 Å². The number of amides is 2. The maximum absolute atomic E-state index is 13.0. The van der Waals surface area contributed by atoms with Crippen molar-refractivity contribution in [3.8, 4) is 5.75 Å². The van der Waals surface area contributed by atoms with Crippen LogP contribution in [0.25, 0.3) is 0 Å². The van der Waals surface area contributed by atoms with Gasteiger partial charge in [-0.15, -0.1) is 0 Å². The molecule has 0 aromatic heterocycles. The van der Waals surface area contributed by atoms with E-state index in [1.807, 2.05) is 0 Å². The maximum Gasteiger partial charge on any atom is 0.252 e. The molecule has 0 aliphatic carbocycles. The lowest BCUT2D eigenvalue weighted by Gasteiger charge is -2.35. The molecule has 1 aliphatic heterocycles. The Kier molecular flexibility index (Phi) is 9.50. The van der Waals surface area contributed by atoms with Crippen molar-refractivity contribution in [3.05, 3.63) is 59.1 Å². The van der Waals surface area contributed by atoms with Gasteiger partial charge in [-0.1, -0.05) is 17.7 Å². The Morgan fingerprint density at radius 3 is 2.43 bits per heavy atom. The van der Waals surface area contributed by atoms with Crippen molar-refractivity contribution in [3.63, 3.8) is 0 Å². The molecule has 2 aromatic carbocycles. The van der Waals surface area contributed by atoms with Crippen molar-refractivity contribution in [1.29, 1.82) is 0 Å². The van der Waals surface area contributed by atoms with Crippen LogP contribution in [0.1, 0.15) is 23.2 Å². The van der Waals surface area contributed by atoms with Gasteiger partial charge in [-0.25, -0.2) is 8.42 Å². The summed E-state index contributed by atoms with van der Waals surface area (Å²) < 4.78 is 37.6. The summed E-state index contributed by atoms with van der Waals surface area (Å²) in [5.41, 5.74) is 0.363. The van der Waals surface area contributed by atoms with Crippen molar-refractivity contribution < 1.29 is 27.5 Å². The number of methoxy groups -OCH3 is 2. The second-order valence-corrected chi connectivity index (χ2v) is 10.5. The number of hydrogen-bond acceptors (Lipinski definition) is 6. The highest BCUT2D eigenvalue weighted by Gasteiger charge is 2.36. The van der Waals surface area contributed by atoms with Crippen molar-refractivity contribution in [2.75, 3.05) is 40.5 Å². The first-order valence-corrected chi connectivity index (χ1v) is 13.1. The Morgan fingerprint density at radius 1 is 1.11 bits per heavy atom. The van der Waals surface area contributed by atoms with Gasteiger partial charge in [-0.05, 0) is 61.2 Å². The predicted octanol–water partition coefficient (Wildman–Crippen LogP) is 2.31. The summed E-state index contributed by atoms with van der Waals surface area (Å²) in [4.78, 5) is 26.1. The zero-order chi connectivity index (χ0) is 25.4. The molecule has 11 heteroatoms. The zero-order valence-electron chi connectivity index (χ0n) is 19.7. The number of carbonyl (C=O) groups is 2. The second-order valence-electron chi connectivity index (χ2n) is 8.16. The largest absolute Gasteiger partial charge is 0.497 e. The molecule has 1 saturated heterocycles. The minimum atomic E-state index is -3.68. The van der Waals surface area contributed by atoms with E-state index in [1.165, 1.54) is 42.8 Å². The molecule has 1 fully saturated rings. The summed E-state index contributed by atoms with van der Waals surface area (Å²) in [7, 11) is -0.641. The van der Waals surface area contributed by atoms with E-state index in [0.29, 0.717) is 42.3 Å². The van der Waals surface area contributed by atoms with Crippen LogP contribution >= 0.6 is 11.6 Å². The Bertz CT molecular complexity index is 1120. The lowest BCUT2D eigenvalue weighted by molar-refractivity contribution is -0.124. The number of rotatable bonds is 10. The number of piperidine rings is 1. The number of benzene rings is 2. The van der Waals surface area contributed by atoms with Crippen molar-refractivity contribution in [1.82, 2.24) is 14.9 Å². The molecule has 2 aromatic rings. The number of halogens is 1. The van der Waals surface area contributed by atoms with Gasteiger partial charge < -0.3 is 20.1 Å². The van der Waals surface area contributed by atoms with Gasteiger partial charge in [0.05, 0.1) is 18.6 Å². The van der Waals surface area contributed by atoms with Crippen LogP contribution in [0.5, 0.6) is 5.75 Å². The van der Waals surface area contributed by atoms with Gasteiger partial charge in [0.15, 0.2) is 0 Å². The van der Waals surface area contributed by atoms with E-state index in [1.54, 1.807) is 24.3 Å². The summed E-state index contributed by atoms with van der Waals surface area (Å²) in [6.07, 6.45) is 0.821. The molecule has 1 unspecified atom stereocenters. The fraction of sp³-hybridized carbons (Fsp3) is 0.417. The fourth-order valence-electron chi connectivity index (χ4n) is 3.98. The average Bonchev–Trinajstić information content (AvgIpc) is 2.87. The molecule has 9 nitrogen and oxygen atoms in total. The fourth-order valence-corrected chi connectivity index (χ4v) is 5.57. The first-order chi connectivity index (χ1) is 16.8. The maximum atomic E-state index is 13.0. The molecule has 190 valence electrons. The molecule has 0 saturated carbocycles. The van der Waals surface area contributed by atoms with Crippen LogP contribution < -0.4 is 15.4 Å². The molecule has 3 rings (SSSR count). The highest BCUT2D eigenvalue weighted by atomic mass is 35.5. The average molecular weight is 524 g/mol. The Hall–Kier alpha value is -2.66. The van der Waals surface area contributed by atoms with E-state index in [2.05, 4.69) is 10.6 Å². The van der Waals surface area contributed by atoms with Gasteiger partial charge in [-0.2, -0.15) is 4.31 Å². The summed E-state index contributed by atoms with van der Waals surface area (Å²) in [5.74, 6) is -0.465. The lowest BCUT2D eigenvalue weighted by atomic mass is 9.89. The van der Waals surface area contributed by atoms with Gasteiger partial charge in [0, 0.05) is 37.3 Å². The van der Waals surface area contributed by atoms with Crippen molar-refractivity contribution in [2.24, 2.45) is 5.92 Å². The molecular weight excluding hydrogens is 494 g/mol. The topological polar surface area (TPSA) is 114 Å². The number of sulfonamides is 1. The molecule has 0 spiro atoms. The molecule has 2 N–H and O–H groups in total. The third-order valence-electron chi connectivity index (χ3n) is 5.93. The van der Waals surface area contributed by atoms with E-state index >= 15 is 0 Å². The van der Waals surface area contributed by atoms with Gasteiger partial charge in [0.1, 0.15) is 11.8 Å². The summed E-state index contributed by atoms with van der Waals surface area (Å²) in [6.45, 7) is 1.09. The summed E-state index contributed by atoms with van der Waals surface area (Å²) in [6, 6.07) is 11.9. The Morgan fingerprint density at radius 2 is 1.80 bits per heavy atom. The molecule has 1 atom stereocenters. The summed E-state index contributed by atoms with van der Waals surface area (Å²) in [5, 5.41) is 6.08. The highest BCUT2D eigenvalue weighted by Crippen LogP contribution is 2.27. The molecule has 1 heterocycles. The van der Waals surface area contributed by atoms with Crippen molar-refractivity contribution >= 4 is 33.4 Å². The number of nitrogens with one attached hydrogen (secondary N) is 2. The molecule has 35 heavy (non-hydrogen) atoms. The minimum absolute atomic E-state index is 0.167. The molecule has 1 aliphatic rings. The van der Waals surface area contributed by atoms with Gasteiger partial charge >= 0.3 is 0 Å². The minimum Gasteiger partial charge on any atom is -0.497 e. The first-order valence-electron chi connectivity index (χ1n) is 11.2. The van der Waals surface area contributed by atoms with Crippen LogP contribution in [0.15, 0.2) is 53.4 Å². The quantitative estimate of drug-likeness (QED) is 0.462. The van der Waals surface area contributed by atoms with Gasteiger partial charge in [-0.3, -0.25) is 9.59 Å². The van der Waals surface area contributed by atoms with Crippen LogP contribution in [-0.2, 0) is 19.6 Å². The SMILES string of the molecule is COCCNC(=O)C(NC(=O)c1cccc(OC)c1)C1CCN(S(=O)(=O)c2ccc(Cl)cc2)CC1. The van der Waals surface area contributed by atoms with Crippen LogP contribution in [0.3, 0.4) is 0 Å². The van der Waals surface area contributed by atoms with E-state index < -0.39 is 22.0 Å². The van der Waals surface area contributed by atoms with Crippen LogP contribution in [0, 0.1) is 5.92 Å². The normalized spacial score (nSPS) is 15.9. The second kappa shape index (κ2) is 12.3. The molecular formula is C24H30ClN3O6S. The predicted molar refractivity (Wildman–Crippen MR) is 132 cm³/mol. The molecule has 0 radical (unpaired) electrons. The van der Waals surface area contributed by atoms with E-state index in [4.69, 9.17) is 21.1 Å². The van der Waals surface area contributed by atoms with Gasteiger partial charge in [0.2, 0.25) is 15.9 Å². The Labute approximate surface area is 210 Å². The zero-order valence-corrected chi connectivity index (χ0v) is 21.3. The number of nitrogens with zero attached hydrogens (tertiary/aromatic N) is 1. The van der Waals surface area contributed by atoms with E-state index in [0.717, 1.165) is 0 Å². The molecule has 2 amide bonds. The monoisotopic (exact) mass is 523 g/mol. The van der Waals surface area contributed by atoms with Crippen LogP contribution in [0.4, 0.5) is 0 Å². The van der Waals surface area contributed by atoms with E-state index in [-0.39, 0.29) is 29.8 Å².